The van der Waals surface area contributed by atoms with Gasteiger partial charge in [0.15, 0.2) is 0 Å². The van der Waals surface area contributed by atoms with Crippen molar-refractivity contribution in [1.29, 1.82) is 0 Å². The minimum Gasteiger partial charge on any atom is -0.309 e. The van der Waals surface area contributed by atoms with E-state index < -0.39 is 0 Å². The molecule has 1 saturated carbocycles. The van der Waals surface area contributed by atoms with E-state index in [9.17, 15) is 0 Å². The maximum atomic E-state index is 3.75. The summed E-state index contributed by atoms with van der Waals surface area (Å²) in [6.45, 7) is 8.05. The van der Waals surface area contributed by atoms with E-state index in [0.717, 1.165) is 24.4 Å². The summed E-state index contributed by atoms with van der Waals surface area (Å²) in [6.07, 6.45) is 4.14. The second kappa shape index (κ2) is 5.33. The first-order valence-corrected chi connectivity index (χ1v) is 7.31. The molecule has 0 aromatic carbocycles. The average molecular weight is 237 g/mol. The van der Waals surface area contributed by atoms with Crippen LogP contribution in [0.3, 0.4) is 0 Å². The lowest BCUT2D eigenvalue weighted by Crippen LogP contribution is -2.38. The Balaban J connectivity index is 1.84. The van der Waals surface area contributed by atoms with Crippen LogP contribution in [0, 0.1) is 18.8 Å². The largest absolute Gasteiger partial charge is 0.309 e. The highest BCUT2D eigenvalue weighted by Gasteiger charge is 2.24. The van der Waals surface area contributed by atoms with Crippen LogP contribution in [0.4, 0.5) is 0 Å². The van der Waals surface area contributed by atoms with E-state index in [1.165, 1.54) is 29.7 Å². The van der Waals surface area contributed by atoms with E-state index in [1.807, 2.05) is 11.3 Å². The number of hydrogen-bond acceptors (Lipinski definition) is 2. The molecule has 90 valence electrons. The minimum absolute atomic E-state index is 0.734. The molecule has 3 unspecified atom stereocenters. The van der Waals surface area contributed by atoms with Crippen LogP contribution in [0.2, 0.25) is 0 Å². The molecule has 0 bridgehead atoms. The van der Waals surface area contributed by atoms with Crippen molar-refractivity contribution >= 4 is 11.3 Å². The van der Waals surface area contributed by atoms with Gasteiger partial charge in [0, 0.05) is 17.5 Å². The summed E-state index contributed by atoms with van der Waals surface area (Å²) in [6, 6.07) is 2.95. The maximum Gasteiger partial charge on any atom is 0.0305 e. The van der Waals surface area contributed by atoms with Crippen LogP contribution in [0.5, 0.6) is 0 Å². The van der Waals surface area contributed by atoms with E-state index in [2.05, 4.69) is 37.5 Å². The molecular weight excluding hydrogens is 214 g/mol. The smallest absolute Gasteiger partial charge is 0.0305 e. The van der Waals surface area contributed by atoms with E-state index >= 15 is 0 Å². The molecule has 0 radical (unpaired) electrons. The van der Waals surface area contributed by atoms with Crippen LogP contribution >= 0.6 is 11.3 Å². The third kappa shape index (κ3) is 2.86. The van der Waals surface area contributed by atoms with E-state index in [-0.39, 0.29) is 0 Å². The molecule has 2 heteroatoms. The van der Waals surface area contributed by atoms with E-state index in [1.54, 1.807) is 0 Å². The second-order valence-electron chi connectivity index (χ2n) is 5.41. The molecule has 1 N–H and O–H groups in total. The van der Waals surface area contributed by atoms with Gasteiger partial charge in [-0.05, 0) is 55.0 Å². The van der Waals surface area contributed by atoms with Gasteiger partial charge in [-0.1, -0.05) is 13.8 Å². The first kappa shape index (κ1) is 12.1. The molecule has 0 aliphatic heterocycles. The molecule has 1 nitrogen and oxygen atoms in total. The highest BCUT2D eigenvalue weighted by molar-refractivity contribution is 7.10. The zero-order valence-corrected chi connectivity index (χ0v) is 11.4. The number of aryl methyl sites for hydroxylation is 1. The normalized spacial score (nSPS) is 30.6. The van der Waals surface area contributed by atoms with Gasteiger partial charge in [-0.25, -0.2) is 0 Å². The van der Waals surface area contributed by atoms with Gasteiger partial charge in [0.05, 0.1) is 0 Å². The summed E-state index contributed by atoms with van der Waals surface area (Å²) in [4.78, 5) is 1.51. The molecule has 1 fully saturated rings. The molecule has 0 amide bonds. The van der Waals surface area contributed by atoms with Crippen molar-refractivity contribution in [1.82, 2.24) is 5.32 Å². The zero-order chi connectivity index (χ0) is 11.5. The van der Waals surface area contributed by atoms with Gasteiger partial charge in [-0.3, -0.25) is 0 Å². The van der Waals surface area contributed by atoms with Crippen molar-refractivity contribution < 1.29 is 0 Å². The monoisotopic (exact) mass is 237 g/mol. The van der Waals surface area contributed by atoms with Crippen molar-refractivity contribution in [3.63, 3.8) is 0 Å². The van der Waals surface area contributed by atoms with Gasteiger partial charge >= 0.3 is 0 Å². The topological polar surface area (TPSA) is 12.0 Å². The predicted octanol–water partition coefficient (Wildman–Crippen LogP) is 3.97. The Morgan fingerprint density at radius 3 is 2.81 bits per heavy atom. The van der Waals surface area contributed by atoms with E-state index in [0.29, 0.717) is 0 Å². The lowest BCUT2D eigenvalue weighted by Gasteiger charge is -2.33. The Kier molecular flexibility index (Phi) is 4.04. The molecular formula is C14H23NS. The molecule has 1 heterocycles. The van der Waals surface area contributed by atoms with Crippen LogP contribution in [0.15, 0.2) is 11.4 Å². The average Bonchev–Trinajstić information content (AvgIpc) is 2.63. The third-order valence-corrected chi connectivity index (χ3v) is 4.95. The van der Waals surface area contributed by atoms with Gasteiger partial charge in [-0.15, -0.1) is 11.3 Å². The van der Waals surface area contributed by atoms with Crippen molar-refractivity contribution in [2.24, 2.45) is 11.8 Å². The minimum atomic E-state index is 0.734. The van der Waals surface area contributed by atoms with E-state index in [4.69, 9.17) is 0 Å². The van der Waals surface area contributed by atoms with Crippen LogP contribution < -0.4 is 5.32 Å². The Morgan fingerprint density at radius 2 is 2.19 bits per heavy atom. The fraction of sp³-hybridized carbons (Fsp3) is 0.714. The molecule has 1 aromatic heterocycles. The molecule has 0 saturated heterocycles. The molecule has 1 aliphatic carbocycles. The summed E-state index contributed by atoms with van der Waals surface area (Å²) in [7, 11) is 0. The van der Waals surface area contributed by atoms with Gasteiger partial charge in [-0.2, -0.15) is 0 Å². The van der Waals surface area contributed by atoms with Crippen LogP contribution in [0.25, 0.3) is 0 Å². The van der Waals surface area contributed by atoms with Crippen LogP contribution in [-0.2, 0) is 6.54 Å². The Morgan fingerprint density at radius 1 is 1.38 bits per heavy atom. The molecule has 1 aliphatic rings. The zero-order valence-electron chi connectivity index (χ0n) is 10.6. The van der Waals surface area contributed by atoms with Crippen LogP contribution in [0.1, 0.15) is 43.6 Å². The Labute approximate surface area is 103 Å². The Bertz CT molecular complexity index is 331. The highest BCUT2D eigenvalue weighted by atomic mass is 32.1. The molecule has 3 atom stereocenters. The number of hydrogen-bond donors (Lipinski definition) is 1. The lowest BCUT2D eigenvalue weighted by atomic mass is 9.80. The quantitative estimate of drug-likeness (QED) is 0.838. The van der Waals surface area contributed by atoms with Crippen molar-refractivity contribution in [2.75, 3.05) is 0 Å². The highest BCUT2D eigenvalue weighted by Crippen LogP contribution is 2.29. The molecule has 0 spiro atoms. The number of nitrogens with one attached hydrogen (secondary N) is 1. The standard InChI is InChI=1S/C14H23NS/c1-10-4-5-13(12(3)8-10)15-9-14-11(2)6-7-16-14/h6-7,10,12-13,15H,4-5,8-9H2,1-3H3. The molecule has 2 rings (SSSR count). The summed E-state index contributed by atoms with van der Waals surface area (Å²) >= 11 is 1.88. The fourth-order valence-electron chi connectivity index (χ4n) is 2.78. The van der Waals surface area contributed by atoms with Gasteiger partial charge < -0.3 is 5.32 Å². The summed E-state index contributed by atoms with van der Waals surface area (Å²) in [5.74, 6) is 1.76. The van der Waals surface area contributed by atoms with Gasteiger partial charge in [0.1, 0.15) is 0 Å². The molecule has 1 aromatic rings. The summed E-state index contributed by atoms with van der Waals surface area (Å²) in [5, 5.41) is 5.94. The predicted molar refractivity (Wildman–Crippen MR) is 71.9 cm³/mol. The molecule has 16 heavy (non-hydrogen) atoms. The fourth-order valence-corrected chi connectivity index (χ4v) is 3.63. The SMILES string of the molecule is Cc1ccsc1CNC1CCC(C)CC1C. The first-order chi connectivity index (χ1) is 7.66. The number of rotatable bonds is 3. The van der Waals surface area contributed by atoms with Crippen molar-refractivity contribution in [3.05, 3.63) is 21.9 Å². The summed E-state index contributed by atoms with van der Waals surface area (Å²) < 4.78 is 0. The van der Waals surface area contributed by atoms with Crippen LogP contribution in [-0.4, -0.2) is 6.04 Å². The van der Waals surface area contributed by atoms with Crippen molar-refractivity contribution in [2.45, 2.75) is 52.6 Å². The maximum absolute atomic E-state index is 3.75. The third-order valence-electron chi connectivity index (χ3n) is 3.92. The lowest BCUT2D eigenvalue weighted by molar-refractivity contribution is 0.227. The summed E-state index contributed by atoms with van der Waals surface area (Å²) in [5.41, 5.74) is 1.44. The first-order valence-electron chi connectivity index (χ1n) is 6.43. The van der Waals surface area contributed by atoms with Crippen molar-refractivity contribution in [3.8, 4) is 0 Å². The number of thiophene rings is 1. The van der Waals surface area contributed by atoms with Gasteiger partial charge in [0.2, 0.25) is 0 Å². The van der Waals surface area contributed by atoms with Gasteiger partial charge in [0.25, 0.3) is 0 Å². The second-order valence-corrected chi connectivity index (χ2v) is 6.41. The Hall–Kier alpha value is -0.340.